The minimum absolute atomic E-state index is 0.0881. The molecule has 11 heteroatoms. The molecule has 1 N–H and O–H groups in total. The maximum atomic E-state index is 14.3. The molecule has 1 aromatic rings. The second-order valence-electron chi connectivity index (χ2n) is 17.5. The van der Waals surface area contributed by atoms with E-state index >= 15 is 0 Å². The number of carbonyl (C=O) groups is 7. The van der Waals surface area contributed by atoms with Gasteiger partial charge in [-0.05, 0) is 55.4 Å². The van der Waals surface area contributed by atoms with Gasteiger partial charge < -0.3 is 19.9 Å². The number of ketones is 3. The Morgan fingerprint density at radius 1 is 0.942 bits per heavy atom. The lowest BCUT2D eigenvalue weighted by molar-refractivity contribution is -0.161. The number of unbranched alkanes of at least 4 members (excludes halogenated alkanes) is 1. The summed E-state index contributed by atoms with van der Waals surface area (Å²) in [7, 11) is 3.17. The van der Waals surface area contributed by atoms with Gasteiger partial charge in [-0.15, -0.1) is 0 Å². The summed E-state index contributed by atoms with van der Waals surface area (Å²) in [4.78, 5) is 97.2. The van der Waals surface area contributed by atoms with Crippen LogP contribution in [0.5, 0.6) is 0 Å². The molecule has 6 atom stereocenters. The number of benzene rings is 1. The third-order valence-electron chi connectivity index (χ3n) is 10.7. The lowest BCUT2D eigenvalue weighted by Gasteiger charge is -2.37. The van der Waals surface area contributed by atoms with Crippen molar-refractivity contribution >= 4 is 41.0 Å². The van der Waals surface area contributed by atoms with Gasteiger partial charge in [-0.2, -0.15) is 0 Å². The highest BCUT2D eigenvalue weighted by Crippen LogP contribution is 2.65. The summed E-state index contributed by atoms with van der Waals surface area (Å²) >= 11 is 0. The van der Waals surface area contributed by atoms with E-state index < -0.39 is 58.4 Å². The van der Waals surface area contributed by atoms with E-state index in [0.717, 1.165) is 6.42 Å². The van der Waals surface area contributed by atoms with Crippen LogP contribution in [0.25, 0.3) is 0 Å². The second-order valence-corrected chi connectivity index (χ2v) is 17.5. The molecule has 2 aliphatic rings. The van der Waals surface area contributed by atoms with Crippen molar-refractivity contribution in [3.63, 3.8) is 0 Å². The van der Waals surface area contributed by atoms with Crippen molar-refractivity contribution in [3.8, 4) is 0 Å². The van der Waals surface area contributed by atoms with Crippen molar-refractivity contribution in [2.75, 3.05) is 20.6 Å². The van der Waals surface area contributed by atoms with Crippen LogP contribution >= 0.6 is 0 Å². The first-order valence-electron chi connectivity index (χ1n) is 18.7. The number of piperidine rings is 1. The smallest absolute Gasteiger partial charge is 0.307 e. The van der Waals surface area contributed by atoms with E-state index in [1.165, 1.54) is 4.90 Å². The van der Waals surface area contributed by atoms with E-state index in [0.29, 0.717) is 24.9 Å². The second kappa shape index (κ2) is 16.8. The van der Waals surface area contributed by atoms with Crippen molar-refractivity contribution in [1.82, 2.24) is 15.1 Å². The van der Waals surface area contributed by atoms with Crippen LogP contribution in [0, 0.1) is 34.5 Å². The molecule has 3 rings (SSSR count). The average Bonchev–Trinajstić information content (AvgIpc) is 3.35. The van der Waals surface area contributed by atoms with Gasteiger partial charge in [-0.1, -0.05) is 84.7 Å². The van der Waals surface area contributed by atoms with Crippen LogP contribution in [0.4, 0.5) is 0 Å². The molecule has 3 amide bonds. The highest BCUT2D eigenvalue weighted by atomic mass is 16.6. The normalized spacial score (nSPS) is 20.9. The maximum Gasteiger partial charge on any atom is 0.307 e. The molecule has 2 fully saturated rings. The van der Waals surface area contributed by atoms with Gasteiger partial charge in [-0.3, -0.25) is 33.6 Å². The summed E-state index contributed by atoms with van der Waals surface area (Å²) < 4.78 is 5.56. The number of fused-ring (bicyclic) bond motifs is 1. The van der Waals surface area contributed by atoms with Gasteiger partial charge in [0.15, 0.2) is 11.6 Å². The number of esters is 1. The van der Waals surface area contributed by atoms with Gasteiger partial charge in [0.05, 0.1) is 18.4 Å². The molecule has 0 radical (unpaired) electrons. The van der Waals surface area contributed by atoms with Gasteiger partial charge in [0.2, 0.25) is 23.5 Å². The fraction of sp³-hybridized carbons (Fsp3) is 0.683. The predicted octanol–water partition coefficient (Wildman–Crippen LogP) is 5.49. The first kappa shape index (κ1) is 42.5. The van der Waals surface area contributed by atoms with E-state index in [9.17, 15) is 33.6 Å². The van der Waals surface area contributed by atoms with Gasteiger partial charge in [0.25, 0.3) is 0 Å². The number of likely N-dealkylation sites (N-methyl/N-ethyl adjacent to an activating group) is 1. The van der Waals surface area contributed by atoms with E-state index in [2.05, 4.69) is 19.2 Å². The van der Waals surface area contributed by atoms with E-state index in [1.54, 1.807) is 70.1 Å². The Kier molecular flexibility index (Phi) is 13.8. The molecule has 52 heavy (non-hydrogen) atoms. The molecule has 1 unspecified atom stereocenters. The number of ether oxygens (including phenoxy) is 1. The summed E-state index contributed by atoms with van der Waals surface area (Å²) in [6.45, 7) is 17.5. The number of hydrogen-bond donors (Lipinski definition) is 1. The Morgan fingerprint density at radius 3 is 2.10 bits per heavy atom. The van der Waals surface area contributed by atoms with Crippen molar-refractivity contribution in [3.05, 3.63) is 35.9 Å². The van der Waals surface area contributed by atoms with Crippen molar-refractivity contribution in [2.45, 2.75) is 125 Å². The zero-order chi connectivity index (χ0) is 39.3. The molecular formula is C41H61N3O8. The number of rotatable bonds is 17. The number of nitrogens with one attached hydrogen (secondary N) is 1. The zero-order valence-corrected chi connectivity index (χ0v) is 33.2. The standard InChI is InChI=1S/C41H61N3O8/c1-12-13-17-26(36(49)29(45)20-21-31(47)42-34(38(51)43(10)11)25-18-15-14-16-19-25)22-30(46)35-33-28(41(33,8)9)24-44(35)37(50)27(39(2,3)4)23-32(48)52-40(5,6)7/h14-16,18-19,26-28,33-35H,12-13,17,20-24H2,1-11H3,(H,42,47)/t26?,27-,28+,33+,34+,35-/m1/s1. The Balaban J connectivity index is 1.76. The third kappa shape index (κ3) is 10.6. The van der Waals surface area contributed by atoms with Crippen LogP contribution < -0.4 is 5.32 Å². The molecule has 1 aliphatic carbocycles. The number of hydrogen-bond acceptors (Lipinski definition) is 8. The van der Waals surface area contributed by atoms with Gasteiger partial charge in [0, 0.05) is 45.8 Å². The van der Waals surface area contributed by atoms with Crippen LogP contribution in [0.2, 0.25) is 0 Å². The number of Topliss-reactive ketones (excluding diaryl/α,β-unsaturated/α-hetero) is 3. The largest absolute Gasteiger partial charge is 0.460 e. The monoisotopic (exact) mass is 723 g/mol. The van der Waals surface area contributed by atoms with Crippen LogP contribution in [0.3, 0.4) is 0 Å². The summed E-state index contributed by atoms with van der Waals surface area (Å²) in [6, 6.07) is 7.06. The number of carbonyl (C=O) groups excluding carboxylic acids is 7. The van der Waals surface area contributed by atoms with Crippen molar-refractivity contribution in [1.29, 1.82) is 0 Å². The van der Waals surface area contributed by atoms with E-state index in [1.807, 2.05) is 27.7 Å². The van der Waals surface area contributed by atoms with Crippen LogP contribution in [0.1, 0.15) is 119 Å². The summed E-state index contributed by atoms with van der Waals surface area (Å²) in [5, 5.41) is 2.70. The Morgan fingerprint density at radius 2 is 1.56 bits per heavy atom. The fourth-order valence-electron chi connectivity index (χ4n) is 7.54. The molecule has 1 aliphatic heterocycles. The Hall–Kier alpha value is -3.89. The SMILES string of the molecule is CCCCC(CC(=O)[C@@H]1[C@@H]2[C@H](CN1C(=O)[C@@H](CC(=O)OC(C)(C)C)C(C)(C)C)C2(C)C)C(=O)C(=O)CCC(=O)N[C@H](C(=O)N(C)C)c1ccccc1. The average molecular weight is 724 g/mol. The number of nitrogens with zero attached hydrogens (tertiary/aromatic N) is 2. The molecule has 0 spiro atoms. The topological polar surface area (TPSA) is 147 Å². The first-order valence-corrected chi connectivity index (χ1v) is 18.7. The first-order chi connectivity index (χ1) is 24.0. The van der Waals surface area contributed by atoms with Gasteiger partial charge in [-0.25, -0.2) is 0 Å². The third-order valence-corrected chi connectivity index (χ3v) is 10.7. The van der Waals surface area contributed by atoms with E-state index in [-0.39, 0.29) is 60.5 Å². The maximum absolute atomic E-state index is 14.3. The molecule has 0 aromatic heterocycles. The quantitative estimate of drug-likeness (QED) is 0.164. The summed E-state index contributed by atoms with van der Waals surface area (Å²) in [6.07, 6.45) is 0.734. The molecule has 1 saturated carbocycles. The lowest BCUT2D eigenvalue weighted by Crippen LogP contribution is -2.51. The molecule has 1 saturated heterocycles. The predicted molar refractivity (Wildman–Crippen MR) is 198 cm³/mol. The fourth-order valence-corrected chi connectivity index (χ4v) is 7.54. The molecule has 0 bridgehead atoms. The molecule has 11 nitrogen and oxygen atoms in total. The minimum atomic E-state index is -0.945. The zero-order valence-electron chi connectivity index (χ0n) is 33.2. The molecule has 1 aromatic carbocycles. The highest BCUT2D eigenvalue weighted by Gasteiger charge is 2.69. The number of amides is 3. The molecular weight excluding hydrogens is 662 g/mol. The Bertz CT molecular complexity index is 1500. The van der Waals surface area contributed by atoms with Crippen LogP contribution in [-0.2, 0) is 38.3 Å². The van der Waals surface area contributed by atoms with Crippen LogP contribution in [-0.4, -0.2) is 83.1 Å². The summed E-state index contributed by atoms with van der Waals surface area (Å²) in [5.74, 6) is -4.92. The number of likely N-dealkylation sites (tertiary alicyclic amines) is 1. The molecule has 288 valence electrons. The molecule has 1 heterocycles. The summed E-state index contributed by atoms with van der Waals surface area (Å²) in [5.41, 5.74) is -0.883. The van der Waals surface area contributed by atoms with Crippen molar-refractivity contribution < 1.29 is 38.3 Å². The lowest BCUT2D eigenvalue weighted by atomic mass is 9.77. The minimum Gasteiger partial charge on any atom is -0.460 e. The van der Waals surface area contributed by atoms with Crippen LogP contribution in [0.15, 0.2) is 30.3 Å². The van der Waals surface area contributed by atoms with Gasteiger partial charge >= 0.3 is 5.97 Å². The Labute approximate surface area is 310 Å². The van der Waals surface area contributed by atoms with Gasteiger partial charge in [0.1, 0.15) is 11.6 Å². The van der Waals surface area contributed by atoms with E-state index in [4.69, 9.17) is 4.74 Å². The highest BCUT2D eigenvalue weighted by molar-refractivity contribution is 6.38. The van der Waals surface area contributed by atoms with Crippen molar-refractivity contribution in [2.24, 2.45) is 34.5 Å².